The van der Waals surface area contributed by atoms with Gasteiger partial charge in [0, 0.05) is 19.5 Å². The Morgan fingerprint density at radius 2 is 1.77 bits per heavy atom. The molecule has 4 aromatic rings. The predicted octanol–water partition coefficient (Wildman–Crippen LogP) is 4.62. The molecule has 5 nitrogen and oxygen atoms in total. The highest BCUT2D eigenvalue weighted by Crippen LogP contribution is 2.29. The smallest absolute Gasteiger partial charge is 0.161 e. The van der Waals surface area contributed by atoms with Crippen molar-refractivity contribution in [3.8, 4) is 11.5 Å². The van der Waals surface area contributed by atoms with Crippen molar-refractivity contribution in [3.05, 3.63) is 89.5 Å². The van der Waals surface area contributed by atoms with Gasteiger partial charge in [0.25, 0.3) is 0 Å². The van der Waals surface area contributed by atoms with E-state index in [1.54, 1.807) is 19.2 Å². The minimum Gasteiger partial charge on any atom is -0.493 e. The van der Waals surface area contributed by atoms with Gasteiger partial charge in [-0.15, -0.1) is 0 Å². The SMILES string of the molecule is COc1cc(CNCCc2nc3ccccc3[nH]2)ccc1OCc1ccc(F)cc1. The van der Waals surface area contributed by atoms with Crippen LogP contribution in [0.3, 0.4) is 0 Å². The van der Waals surface area contributed by atoms with E-state index in [0.717, 1.165) is 47.5 Å². The van der Waals surface area contributed by atoms with E-state index < -0.39 is 0 Å². The molecule has 1 heterocycles. The largest absolute Gasteiger partial charge is 0.493 e. The van der Waals surface area contributed by atoms with Crippen LogP contribution in [0.5, 0.6) is 11.5 Å². The van der Waals surface area contributed by atoms with Crippen LogP contribution in [0.15, 0.2) is 66.7 Å². The first-order valence-electron chi connectivity index (χ1n) is 9.90. The molecule has 0 aliphatic heterocycles. The molecule has 30 heavy (non-hydrogen) atoms. The highest BCUT2D eigenvalue weighted by Gasteiger charge is 2.07. The molecule has 6 heteroatoms. The lowest BCUT2D eigenvalue weighted by atomic mass is 10.2. The number of nitrogens with zero attached hydrogens (tertiary/aromatic N) is 1. The van der Waals surface area contributed by atoms with Crippen molar-refractivity contribution in [2.45, 2.75) is 19.6 Å². The van der Waals surface area contributed by atoms with E-state index in [4.69, 9.17) is 9.47 Å². The molecule has 0 radical (unpaired) electrons. The summed E-state index contributed by atoms with van der Waals surface area (Å²) in [6.45, 7) is 1.88. The van der Waals surface area contributed by atoms with E-state index in [9.17, 15) is 4.39 Å². The molecular formula is C24H24FN3O2. The van der Waals surface area contributed by atoms with E-state index in [1.807, 2.05) is 42.5 Å². The zero-order chi connectivity index (χ0) is 20.8. The minimum absolute atomic E-state index is 0.256. The molecule has 4 rings (SSSR count). The number of ether oxygens (including phenoxy) is 2. The van der Waals surface area contributed by atoms with Crippen LogP contribution >= 0.6 is 0 Å². The van der Waals surface area contributed by atoms with Gasteiger partial charge in [-0.25, -0.2) is 9.37 Å². The van der Waals surface area contributed by atoms with Crippen molar-refractivity contribution in [1.82, 2.24) is 15.3 Å². The Labute approximate surface area is 174 Å². The fraction of sp³-hybridized carbons (Fsp3) is 0.208. The van der Waals surface area contributed by atoms with Crippen LogP contribution in [0.4, 0.5) is 4.39 Å². The summed E-state index contributed by atoms with van der Waals surface area (Å²) < 4.78 is 24.3. The van der Waals surface area contributed by atoms with Gasteiger partial charge in [0.1, 0.15) is 18.2 Å². The summed E-state index contributed by atoms with van der Waals surface area (Å²) in [5, 5.41) is 3.44. The first-order chi connectivity index (χ1) is 14.7. The van der Waals surface area contributed by atoms with Gasteiger partial charge in [0.15, 0.2) is 11.5 Å². The molecule has 0 bridgehead atoms. The third kappa shape index (κ3) is 4.96. The van der Waals surface area contributed by atoms with Crippen LogP contribution in [0.25, 0.3) is 11.0 Å². The van der Waals surface area contributed by atoms with Gasteiger partial charge >= 0.3 is 0 Å². The Morgan fingerprint density at radius 3 is 2.57 bits per heavy atom. The summed E-state index contributed by atoms with van der Waals surface area (Å²) in [6, 6.07) is 20.2. The number of hydrogen-bond donors (Lipinski definition) is 2. The number of halogens is 1. The number of para-hydroxylation sites is 2. The summed E-state index contributed by atoms with van der Waals surface area (Å²) in [7, 11) is 1.62. The van der Waals surface area contributed by atoms with Gasteiger partial charge in [-0.05, 0) is 47.5 Å². The molecule has 1 aromatic heterocycles. The highest BCUT2D eigenvalue weighted by molar-refractivity contribution is 5.74. The quantitative estimate of drug-likeness (QED) is 0.399. The van der Waals surface area contributed by atoms with Crippen LogP contribution in [0, 0.1) is 5.82 Å². The molecular weight excluding hydrogens is 381 g/mol. The van der Waals surface area contributed by atoms with Gasteiger partial charge in [-0.2, -0.15) is 0 Å². The number of nitrogens with one attached hydrogen (secondary N) is 2. The van der Waals surface area contributed by atoms with Gasteiger partial charge in [-0.1, -0.05) is 30.3 Å². The van der Waals surface area contributed by atoms with Gasteiger partial charge in [0.2, 0.25) is 0 Å². The Balaban J connectivity index is 1.29. The zero-order valence-electron chi connectivity index (χ0n) is 16.8. The molecule has 0 atom stereocenters. The molecule has 0 aliphatic rings. The molecule has 0 aliphatic carbocycles. The van der Waals surface area contributed by atoms with E-state index in [0.29, 0.717) is 18.1 Å². The third-order valence-corrected chi connectivity index (χ3v) is 4.84. The molecule has 154 valence electrons. The van der Waals surface area contributed by atoms with Crippen molar-refractivity contribution in [2.75, 3.05) is 13.7 Å². The van der Waals surface area contributed by atoms with Crippen LogP contribution in [-0.2, 0) is 19.6 Å². The van der Waals surface area contributed by atoms with Crippen molar-refractivity contribution < 1.29 is 13.9 Å². The second-order valence-corrected chi connectivity index (χ2v) is 7.03. The number of aromatic amines is 1. The van der Waals surface area contributed by atoms with Crippen LogP contribution in [0.2, 0.25) is 0 Å². The topological polar surface area (TPSA) is 59.2 Å². The zero-order valence-corrected chi connectivity index (χ0v) is 16.8. The summed E-state index contributed by atoms with van der Waals surface area (Å²) in [4.78, 5) is 7.94. The lowest BCUT2D eigenvalue weighted by molar-refractivity contribution is 0.284. The summed E-state index contributed by atoms with van der Waals surface area (Å²) in [5.74, 6) is 2.06. The lowest BCUT2D eigenvalue weighted by Gasteiger charge is -2.13. The van der Waals surface area contributed by atoms with E-state index >= 15 is 0 Å². The van der Waals surface area contributed by atoms with E-state index in [-0.39, 0.29) is 5.82 Å². The first kappa shape index (κ1) is 19.9. The van der Waals surface area contributed by atoms with Gasteiger partial charge in [-0.3, -0.25) is 0 Å². The summed E-state index contributed by atoms with van der Waals surface area (Å²) in [5.41, 5.74) is 4.06. The summed E-state index contributed by atoms with van der Waals surface area (Å²) >= 11 is 0. The second kappa shape index (κ2) is 9.41. The second-order valence-electron chi connectivity index (χ2n) is 7.03. The molecule has 2 N–H and O–H groups in total. The van der Waals surface area contributed by atoms with E-state index in [2.05, 4.69) is 15.3 Å². The third-order valence-electron chi connectivity index (χ3n) is 4.84. The van der Waals surface area contributed by atoms with Crippen LogP contribution in [0.1, 0.15) is 17.0 Å². The number of imidazole rings is 1. The molecule has 0 unspecified atom stereocenters. The average Bonchev–Trinajstić information content (AvgIpc) is 3.19. The maximum absolute atomic E-state index is 13.0. The number of rotatable bonds is 9. The molecule has 0 spiro atoms. The lowest BCUT2D eigenvalue weighted by Crippen LogP contribution is -2.17. The Kier molecular flexibility index (Phi) is 6.25. The van der Waals surface area contributed by atoms with E-state index in [1.165, 1.54) is 12.1 Å². The number of benzene rings is 3. The number of H-pyrrole nitrogens is 1. The van der Waals surface area contributed by atoms with Crippen molar-refractivity contribution in [3.63, 3.8) is 0 Å². The molecule has 3 aromatic carbocycles. The van der Waals surface area contributed by atoms with Crippen molar-refractivity contribution >= 4 is 11.0 Å². The predicted molar refractivity (Wildman–Crippen MR) is 115 cm³/mol. The fourth-order valence-corrected chi connectivity index (χ4v) is 3.25. The van der Waals surface area contributed by atoms with Crippen molar-refractivity contribution in [1.29, 1.82) is 0 Å². The number of aromatic nitrogens is 2. The standard InChI is InChI=1S/C24H24FN3O2/c1-29-23-14-18(8-11-22(23)30-16-17-6-9-19(25)10-7-17)15-26-13-12-24-27-20-4-2-3-5-21(20)28-24/h2-11,14,26H,12-13,15-16H2,1H3,(H,27,28). The molecule has 0 amide bonds. The fourth-order valence-electron chi connectivity index (χ4n) is 3.25. The van der Waals surface area contributed by atoms with Crippen LogP contribution < -0.4 is 14.8 Å². The minimum atomic E-state index is -0.256. The molecule has 0 saturated carbocycles. The average molecular weight is 405 g/mol. The van der Waals surface area contributed by atoms with Gasteiger partial charge < -0.3 is 19.8 Å². The Morgan fingerprint density at radius 1 is 0.967 bits per heavy atom. The normalized spacial score (nSPS) is 11.0. The molecule has 0 fully saturated rings. The number of methoxy groups -OCH3 is 1. The maximum atomic E-state index is 13.0. The number of fused-ring (bicyclic) bond motifs is 1. The monoisotopic (exact) mass is 405 g/mol. The van der Waals surface area contributed by atoms with Gasteiger partial charge in [0.05, 0.1) is 18.1 Å². The Bertz CT molecular complexity index is 1080. The van der Waals surface area contributed by atoms with Crippen LogP contribution in [-0.4, -0.2) is 23.6 Å². The summed E-state index contributed by atoms with van der Waals surface area (Å²) in [6.07, 6.45) is 0.824. The maximum Gasteiger partial charge on any atom is 0.161 e. The highest BCUT2D eigenvalue weighted by atomic mass is 19.1. The Hall–Kier alpha value is -3.38. The number of hydrogen-bond acceptors (Lipinski definition) is 4. The first-order valence-corrected chi connectivity index (χ1v) is 9.90. The van der Waals surface area contributed by atoms with Crippen molar-refractivity contribution in [2.24, 2.45) is 0 Å². The molecule has 0 saturated heterocycles.